The van der Waals surface area contributed by atoms with Crippen molar-refractivity contribution in [1.29, 1.82) is 0 Å². The predicted molar refractivity (Wildman–Crippen MR) is 63.0 cm³/mol. The highest BCUT2D eigenvalue weighted by Crippen LogP contribution is 2.21. The van der Waals surface area contributed by atoms with E-state index in [4.69, 9.17) is 5.53 Å². The van der Waals surface area contributed by atoms with Gasteiger partial charge in [-0.25, -0.2) is 0 Å². The van der Waals surface area contributed by atoms with Crippen LogP contribution in [0.5, 0.6) is 0 Å². The molecule has 1 aromatic rings. The number of hydrogen-bond donors (Lipinski definition) is 0. The van der Waals surface area contributed by atoms with Gasteiger partial charge in [0.25, 0.3) is 5.69 Å². The molecule has 0 spiro atoms. The van der Waals surface area contributed by atoms with Crippen molar-refractivity contribution in [2.45, 2.75) is 11.3 Å². The number of hydrogen-bond acceptors (Lipinski definition) is 4. The normalized spacial score (nSPS) is 11.5. The maximum Gasteiger partial charge on any atom is 0.285 e. The topological polar surface area (TPSA) is 109 Å². The Kier molecular flexibility index (Phi) is 5.12. The molecule has 0 N–H and O–H groups in total. The van der Waals surface area contributed by atoms with Gasteiger partial charge < -0.3 is 0 Å². The van der Waals surface area contributed by atoms with Crippen molar-refractivity contribution in [3.05, 3.63) is 44.8 Å². The van der Waals surface area contributed by atoms with E-state index in [-0.39, 0.29) is 22.9 Å². The van der Waals surface area contributed by atoms with Gasteiger partial charge in [0.05, 0.1) is 15.7 Å². The quantitative estimate of drug-likeness (QED) is 0.194. The lowest BCUT2D eigenvalue weighted by molar-refractivity contribution is -0.387. The van der Waals surface area contributed by atoms with Crippen molar-refractivity contribution in [3.8, 4) is 0 Å². The molecule has 0 aliphatic carbocycles. The molecular formula is C9H10N4O3S. The summed E-state index contributed by atoms with van der Waals surface area (Å²) in [6.45, 7) is 0.239. The molecule has 7 nitrogen and oxygen atoms in total. The Hall–Kier alpha value is -1.92. The highest BCUT2D eigenvalue weighted by Gasteiger charge is 2.17. The van der Waals surface area contributed by atoms with Crippen molar-refractivity contribution in [1.82, 2.24) is 0 Å². The summed E-state index contributed by atoms with van der Waals surface area (Å²) in [5.41, 5.74) is 7.91. The number of benzene rings is 1. The fourth-order valence-electron chi connectivity index (χ4n) is 1.22. The fourth-order valence-corrected chi connectivity index (χ4v) is 2.44. The average molecular weight is 254 g/mol. The standard InChI is InChI=1S/C9H10N4O3S/c10-12-11-6-3-7-17(16)9-5-2-1-4-8(9)13(14)15/h1-2,4-5H,3,6-7H2. The third-order valence-corrected chi connectivity index (χ3v) is 3.45. The van der Waals surface area contributed by atoms with Crippen LogP contribution in [0.1, 0.15) is 6.42 Å². The second-order valence-electron chi connectivity index (χ2n) is 3.08. The highest BCUT2D eigenvalue weighted by atomic mass is 32.2. The van der Waals surface area contributed by atoms with Crippen LogP contribution in [0.3, 0.4) is 0 Å². The van der Waals surface area contributed by atoms with Crippen molar-refractivity contribution < 1.29 is 9.13 Å². The van der Waals surface area contributed by atoms with Crippen molar-refractivity contribution >= 4 is 16.5 Å². The Morgan fingerprint density at radius 3 is 2.82 bits per heavy atom. The first-order valence-electron chi connectivity index (χ1n) is 4.79. The van der Waals surface area contributed by atoms with Crippen LogP contribution in [-0.4, -0.2) is 21.4 Å². The molecule has 1 atom stereocenters. The van der Waals surface area contributed by atoms with Gasteiger partial charge in [0, 0.05) is 23.3 Å². The summed E-state index contributed by atoms with van der Waals surface area (Å²) < 4.78 is 11.8. The summed E-state index contributed by atoms with van der Waals surface area (Å²) in [5, 5.41) is 14.0. The van der Waals surface area contributed by atoms with Gasteiger partial charge >= 0.3 is 0 Å². The number of para-hydroxylation sites is 1. The molecule has 0 aliphatic rings. The molecule has 0 aromatic heterocycles. The molecule has 1 aromatic carbocycles. The van der Waals surface area contributed by atoms with Crippen molar-refractivity contribution in [2.24, 2.45) is 5.11 Å². The van der Waals surface area contributed by atoms with Crippen LogP contribution in [0.4, 0.5) is 5.69 Å². The van der Waals surface area contributed by atoms with Gasteiger partial charge in [-0.1, -0.05) is 17.2 Å². The second kappa shape index (κ2) is 6.62. The van der Waals surface area contributed by atoms with Gasteiger partial charge in [0.2, 0.25) is 0 Å². The van der Waals surface area contributed by atoms with Crippen LogP contribution in [0.25, 0.3) is 10.4 Å². The van der Waals surface area contributed by atoms with E-state index >= 15 is 0 Å². The first kappa shape index (κ1) is 13.1. The lowest BCUT2D eigenvalue weighted by atomic mass is 10.3. The predicted octanol–water partition coefficient (Wildman–Crippen LogP) is 2.40. The molecule has 0 radical (unpaired) electrons. The highest BCUT2D eigenvalue weighted by molar-refractivity contribution is 7.85. The smallest absolute Gasteiger partial charge is 0.258 e. The van der Waals surface area contributed by atoms with Crippen LogP contribution in [0.2, 0.25) is 0 Å². The second-order valence-corrected chi connectivity index (χ2v) is 4.62. The Balaban J connectivity index is 2.75. The zero-order valence-electron chi connectivity index (χ0n) is 8.85. The summed E-state index contributed by atoms with van der Waals surface area (Å²) in [6, 6.07) is 5.93. The summed E-state index contributed by atoms with van der Waals surface area (Å²) in [4.78, 5) is 12.9. The Morgan fingerprint density at radius 2 is 2.18 bits per heavy atom. The van der Waals surface area contributed by atoms with E-state index in [1.165, 1.54) is 18.2 Å². The minimum Gasteiger partial charge on any atom is -0.258 e. The van der Waals surface area contributed by atoms with Crippen LogP contribution in [0, 0.1) is 10.1 Å². The van der Waals surface area contributed by atoms with Gasteiger partial charge in [-0.15, -0.1) is 0 Å². The van der Waals surface area contributed by atoms with Gasteiger partial charge in [-0.2, -0.15) is 0 Å². The minimum absolute atomic E-state index is 0.144. The molecule has 0 heterocycles. The Labute approximate surface area is 99.7 Å². The Bertz CT molecular complexity index is 485. The van der Waals surface area contributed by atoms with E-state index in [1.807, 2.05) is 0 Å². The van der Waals surface area contributed by atoms with E-state index in [9.17, 15) is 14.3 Å². The number of azide groups is 1. The molecule has 0 bridgehead atoms. The summed E-state index contributed by atoms with van der Waals surface area (Å²) >= 11 is 0. The third-order valence-electron chi connectivity index (χ3n) is 1.96. The largest absolute Gasteiger partial charge is 0.285 e. The summed E-state index contributed by atoms with van der Waals surface area (Å²) in [5.74, 6) is 0.240. The van der Waals surface area contributed by atoms with Gasteiger partial charge in [0.15, 0.2) is 0 Å². The molecule has 90 valence electrons. The molecule has 0 aliphatic heterocycles. The monoisotopic (exact) mass is 254 g/mol. The van der Waals surface area contributed by atoms with Gasteiger partial charge in [-0.3, -0.25) is 14.3 Å². The van der Waals surface area contributed by atoms with Gasteiger partial charge in [0.1, 0.15) is 4.90 Å². The minimum atomic E-state index is -1.44. The average Bonchev–Trinajstić information content (AvgIpc) is 2.34. The zero-order chi connectivity index (χ0) is 12.7. The molecule has 8 heteroatoms. The van der Waals surface area contributed by atoms with Crippen LogP contribution in [-0.2, 0) is 10.8 Å². The number of nitrogens with zero attached hydrogens (tertiary/aromatic N) is 4. The molecule has 17 heavy (non-hydrogen) atoms. The Morgan fingerprint density at radius 1 is 1.47 bits per heavy atom. The van der Waals surface area contributed by atoms with Crippen LogP contribution < -0.4 is 0 Å². The van der Waals surface area contributed by atoms with E-state index in [0.717, 1.165) is 0 Å². The number of nitro groups is 1. The lowest BCUT2D eigenvalue weighted by Crippen LogP contribution is -2.03. The molecule has 0 fully saturated rings. The van der Waals surface area contributed by atoms with E-state index in [1.54, 1.807) is 6.07 Å². The van der Waals surface area contributed by atoms with Gasteiger partial charge in [-0.05, 0) is 18.0 Å². The number of nitro benzene ring substituents is 1. The maximum atomic E-state index is 11.8. The molecule has 1 rings (SSSR count). The number of rotatable bonds is 6. The first-order chi connectivity index (χ1) is 8.16. The van der Waals surface area contributed by atoms with E-state index in [0.29, 0.717) is 6.42 Å². The van der Waals surface area contributed by atoms with Crippen LogP contribution >= 0.6 is 0 Å². The zero-order valence-corrected chi connectivity index (χ0v) is 9.67. The van der Waals surface area contributed by atoms with Crippen molar-refractivity contribution in [2.75, 3.05) is 12.3 Å². The SMILES string of the molecule is [N-]=[N+]=NCCCS(=O)c1ccccc1[N+](=O)[O-]. The molecule has 0 saturated heterocycles. The van der Waals surface area contributed by atoms with E-state index in [2.05, 4.69) is 10.0 Å². The maximum absolute atomic E-state index is 11.8. The molecule has 0 amide bonds. The summed E-state index contributed by atoms with van der Waals surface area (Å²) in [7, 11) is -1.44. The summed E-state index contributed by atoms with van der Waals surface area (Å²) in [6.07, 6.45) is 0.433. The fraction of sp³-hybridized carbons (Fsp3) is 0.333. The van der Waals surface area contributed by atoms with E-state index < -0.39 is 15.7 Å². The van der Waals surface area contributed by atoms with Crippen LogP contribution in [0.15, 0.2) is 34.3 Å². The molecule has 1 unspecified atom stereocenters. The van der Waals surface area contributed by atoms with Crippen molar-refractivity contribution in [3.63, 3.8) is 0 Å². The lowest BCUT2D eigenvalue weighted by Gasteiger charge is -2.01. The third kappa shape index (κ3) is 3.86. The first-order valence-corrected chi connectivity index (χ1v) is 6.11. The molecular weight excluding hydrogens is 244 g/mol. The molecule has 0 saturated carbocycles.